The van der Waals surface area contributed by atoms with E-state index in [0.29, 0.717) is 17.9 Å². The summed E-state index contributed by atoms with van der Waals surface area (Å²) >= 11 is 0. The number of rotatable bonds is 5. The zero-order valence-electron chi connectivity index (χ0n) is 9.92. The highest BCUT2D eigenvalue weighted by molar-refractivity contribution is 5.68. The molecule has 0 aromatic carbocycles. The topological polar surface area (TPSA) is 77.2 Å². The Bertz CT molecular complexity index is 438. The van der Waals surface area contributed by atoms with Crippen molar-refractivity contribution in [3.8, 4) is 6.07 Å². The molecule has 5 nitrogen and oxygen atoms in total. The third-order valence-corrected chi connectivity index (χ3v) is 2.39. The van der Waals surface area contributed by atoms with Crippen molar-refractivity contribution in [3.63, 3.8) is 0 Å². The van der Waals surface area contributed by atoms with Crippen LogP contribution in [0.5, 0.6) is 0 Å². The Morgan fingerprint density at radius 3 is 2.88 bits per heavy atom. The fraction of sp³-hybridized carbons (Fsp3) is 0.417. The van der Waals surface area contributed by atoms with E-state index in [2.05, 4.69) is 4.98 Å². The zero-order valence-corrected chi connectivity index (χ0v) is 9.92. The lowest BCUT2D eigenvalue weighted by molar-refractivity contribution is -0.136. The van der Waals surface area contributed by atoms with Gasteiger partial charge in [-0.05, 0) is 26.0 Å². The first-order valence-electron chi connectivity index (χ1n) is 5.39. The van der Waals surface area contributed by atoms with Crippen molar-refractivity contribution in [3.05, 3.63) is 24.0 Å². The van der Waals surface area contributed by atoms with Gasteiger partial charge in [0.1, 0.15) is 6.07 Å². The van der Waals surface area contributed by atoms with Gasteiger partial charge in [-0.15, -0.1) is 0 Å². The smallest absolute Gasteiger partial charge is 0.305 e. The number of aromatic nitrogens is 1. The Hall–Kier alpha value is -2.09. The molecule has 1 heterocycles. The summed E-state index contributed by atoms with van der Waals surface area (Å²) in [6.45, 7) is 4.28. The van der Waals surface area contributed by atoms with E-state index in [9.17, 15) is 4.79 Å². The predicted octanol–water partition coefficient (Wildman–Crippen LogP) is 1.64. The third-order valence-electron chi connectivity index (χ3n) is 2.39. The summed E-state index contributed by atoms with van der Waals surface area (Å²) in [5.74, 6) is -0.849. The number of carboxylic acids is 1. The molecule has 0 unspecified atom stereocenters. The van der Waals surface area contributed by atoms with E-state index >= 15 is 0 Å². The number of nitrogens with zero attached hydrogens (tertiary/aromatic N) is 3. The molecule has 0 radical (unpaired) electrons. The van der Waals surface area contributed by atoms with E-state index < -0.39 is 5.97 Å². The molecule has 0 bridgehead atoms. The minimum atomic E-state index is -0.849. The van der Waals surface area contributed by atoms with Crippen LogP contribution in [0, 0.1) is 11.3 Å². The Labute approximate surface area is 100 Å². The van der Waals surface area contributed by atoms with Gasteiger partial charge in [-0.1, -0.05) is 0 Å². The lowest BCUT2D eigenvalue weighted by atomic mass is 10.2. The minimum absolute atomic E-state index is 0.0396. The molecule has 1 N–H and O–H groups in total. The molecule has 0 amide bonds. The average Bonchev–Trinajstić information content (AvgIpc) is 2.29. The number of hydrogen-bond donors (Lipinski definition) is 1. The largest absolute Gasteiger partial charge is 0.481 e. The van der Waals surface area contributed by atoms with Crippen molar-refractivity contribution in [2.24, 2.45) is 0 Å². The van der Waals surface area contributed by atoms with Crippen LogP contribution in [-0.4, -0.2) is 28.6 Å². The van der Waals surface area contributed by atoms with E-state index in [1.807, 2.05) is 24.8 Å². The van der Waals surface area contributed by atoms with Crippen LogP contribution in [0.1, 0.15) is 26.0 Å². The highest BCUT2D eigenvalue weighted by Gasteiger charge is 2.15. The van der Waals surface area contributed by atoms with Crippen LogP contribution in [0.15, 0.2) is 18.3 Å². The van der Waals surface area contributed by atoms with Gasteiger partial charge < -0.3 is 10.0 Å². The number of pyridine rings is 1. The molecule has 0 saturated carbocycles. The number of carbonyl (C=O) groups is 1. The van der Waals surface area contributed by atoms with Crippen molar-refractivity contribution in [1.82, 2.24) is 4.98 Å². The molecule has 0 fully saturated rings. The maximum absolute atomic E-state index is 10.6. The Balaban J connectivity index is 2.98. The molecular weight excluding hydrogens is 218 g/mol. The van der Waals surface area contributed by atoms with E-state index in [4.69, 9.17) is 10.4 Å². The Kier molecular flexibility index (Phi) is 4.46. The van der Waals surface area contributed by atoms with Crippen molar-refractivity contribution < 1.29 is 9.90 Å². The fourth-order valence-electron chi connectivity index (χ4n) is 1.59. The van der Waals surface area contributed by atoms with E-state index in [1.54, 1.807) is 18.3 Å². The van der Waals surface area contributed by atoms with Crippen molar-refractivity contribution in [2.45, 2.75) is 26.3 Å². The molecule has 1 aromatic heterocycles. The van der Waals surface area contributed by atoms with Gasteiger partial charge in [-0.2, -0.15) is 5.26 Å². The lowest BCUT2D eigenvalue weighted by Crippen LogP contribution is -2.33. The van der Waals surface area contributed by atoms with Crippen LogP contribution in [0.4, 0.5) is 5.69 Å². The number of carboxylic acid groups (broad SMARTS) is 1. The minimum Gasteiger partial charge on any atom is -0.481 e. The lowest BCUT2D eigenvalue weighted by Gasteiger charge is -2.28. The van der Waals surface area contributed by atoms with Gasteiger partial charge in [0, 0.05) is 18.8 Å². The molecule has 0 aliphatic rings. The summed E-state index contributed by atoms with van der Waals surface area (Å²) in [4.78, 5) is 16.5. The highest BCUT2D eigenvalue weighted by atomic mass is 16.4. The zero-order chi connectivity index (χ0) is 12.8. The highest BCUT2D eigenvalue weighted by Crippen LogP contribution is 2.20. The first kappa shape index (κ1) is 13.0. The molecular formula is C12H15N3O2. The first-order valence-corrected chi connectivity index (χ1v) is 5.39. The molecule has 90 valence electrons. The molecule has 1 aromatic rings. The SMILES string of the molecule is CC(C)N(CCC(=O)O)c1cccnc1C#N. The summed E-state index contributed by atoms with van der Waals surface area (Å²) in [7, 11) is 0. The third kappa shape index (κ3) is 3.45. The van der Waals surface area contributed by atoms with E-state index in [0.717, 1.165) is 0 Å². The van der Waals surface area contributed by atoms with Gasteiger partial charge in [0.15, 0.2) is 5.69 Å². The maximum Gasteiger partial charge on any atom is 0.305 e. The molecule has 5 heteroatoms. The number of nitriles is 1. The quantitative estimate of drug-likeness (QED) is 0.836. The normalized spacial score (nSPS) is 10.0. The molecule has 0 aliphatic carbocycles. The van der Waals surface area contributed by atoms with Gasteiger partial charge in [-0.3, -0.25) is 4.79 Å². The van der Waals surface area contributed by atoms with Gasteiger partial charge >= 0.3 is 5.97 Å². The van der Waals surface area contributed by atoms with Gasteiger partial charge in [-0.25, -0.2) is 4.98 Å². The predicted molar refractivity (Wildman–Crippen MR) is 63.7 cm³/mol. The number of hydrogen-bond acceptors (Lipinski definition) is 4. The van der Waals surface area contributed by atoms with Crippen LogP contribution in [0.25, 0.3) is 0 Å². The van der Waals surface area contributed by atoms with Gasteiger partial charge in [0.25, 0.3) is 0 Å². The Morgan fingerprint density at radius 1 is 1.65 bits per heavy atom. The second kappa shape index (κ2) is 5.85. The maximum atomic E-state index is 10.6. The molecule has 0 atom stereocenters. The second-order valence-corrected chi connectivity index (χ2v) is 3.91. The summed E-state index contributed by atoms with van der Waals surface area (Å²) in [6, 6.07) is 5.66. The molecule has 0 saturated heterocycles. The standard InChI is InChI=1S/C12H15N3O2/c1-9(2)15(7-5-12(16)17)11-4-3-6-14-10(11)8-13/h3-4,6,9H,5,7H2,1-2H3,(H,16,17). The first-order chi connectivity index (χ1) is 8.06. The van der Waals surface area contributed by atoms with Crippen LogP contribution in [0.2, 0.25) is 0 Å². The van der Waals surface area contributed by atoms with E-state index in [-0.39, 0.29) is 12.5 Å². The van der Waals surface area contributed by atoms with Crippen LogP contribution < -0.4 is 4.90 Å². The van der Waals surface area contributed by atoms with Crippen molar-refractivity contribution >= 4 is 11.7 Å². The van der Waals surface area contributed by atoms with Gasteiger partial charge in [0.2, 0.25) is 0 Å². The van der Waals surface area contributed by atoms with Crippen molar-refractivity contribution in [2.75, 3.05) is 11.4 Å². The van der Waals surface area contributed by atoms with Gasteiger partial charge in [0.05, 0.1) is 12.1 Å². The monoisotopic (exact) mass is 233 g/mol. The molecule has 1 rings (SSSR count). The second-order valence-electron chi connectivity index (χ2n) is 3.91. The average molecular weight is 233 g/mol. The number of anilines is 1. The van der Waals surface area contributed by atoms with Crippen LogP contribution in [-0.2, 0) is 4.79 Å². The van der Waals surface area contributed by atoms with E-state index in [1.165, 1.54) is 0 Å². The molecule has 0 aliphatic heterocycles. The van der Waals surface area contributed by atoms with Crippen molar-refractivity contribution in [1.29, 1.82) is 5.26 Å². The summed E-state index contributed by atoms with van der Waals surface area (Å²) in [5, 5.41) is 17.7. The van der Waals surface area contributed by atoms with Crippen LogP contribution >= 0.6 is 0 Å². The molecule has 0 spiro atoms. The summed E-state index contributed by atoms with van der Waals surface area (Å²) in [5.41, 5.74) is 1.01. The Morgan fingerprint density at radius 2 is 2.35 bits per heavy atom. The molecule has 17 heavy (non-hydrogen) atoms. The number of aliphatic carboxylic acids is 1. The fourth-order valence-corrected chi connectivity index (χ4v) is 1.59. The summed E-state index contributed by atoms with van der Waals surface area (Å²) in [6.07, 6.45) is 1.59. The van der Waals surface area contributed by atoms with Crippen LogP contribution in [0.3, 0.4) is 0 Å². The summed E-state index contributed by atoms with van der Waals surface area (Å²) < 4.78 is 0.